The van der Waals surface area contributed by atoms with E-state index in [0.29, 0.717) is 30.9 Å². The molecule has 2 aromatic rings. The summed E-state index contributed by atoms with van der Waals surface area (Å²) in [7, 11) is 0.133. The fourth-order valence-electron chi connectivity index (χ4n) is 3.68. The highest BCUT2D eigenvalue weighted by Gasteiger charge is 2.39. The van der Waals surface area contributed by atoms with E-state index in [0.717, 1.165) is 17.8 Å². The minimum absolute atomic E-state index is 0.135. The van der Waals surface area contributed by atoms with Crippen molar-refractivity contribution in [1.82, 2.24) is 15.2 Å². The van der Waals surface area contributed by atoms with E-state index < -0.39 is 16.1 Å². The Morgan fingerprint density at radius 3 is 2.76 bits per heavy atom. The van der Waals surface area contributed by atoms with Crippen LogP contribution in [-0.2, 0) is 21.4 Å². The van der Waals surface area contributed by atoms with Crippen LogP contribution in [0.4, 0.5) is 5.82 Å². The molecule has 8 nitrogen and oxygen atoms in total. The lowest BCUT2D eigenvalue weighted by Gasteiger charge is -2.25. The van der Waals surface area contributed by atoms with Crippen molar-refractivity contribution in [2.45, 2.75) is 30.3 Å². The van der Waals surface area contributed by atoms with E-state index in [-0.39, 0.29) is 10.8 Å². The fourth-order valence-corrected chi connectivity index (χ4v) is 4.90. The molecule has 0 radical (unpaired) electrons. The van der Waals surface area contributed by atoms with Crippen LogP contribution in [0, 0.1) is 0 Å². The number of hydrogen-bond acceptors (Lipinski definition) is 6. The molecule has 1 atom stereocenters. The molecule has 1 saturated heterocycles. The van der Waals surface area contributed by atoms with Crippen molar-refractivity contribution in [1.29, 1.82) is 0 Å². The van der Waals surface area contributed by atoms with Gasteiger partial charge in [0.25, 0.3) is 10.0 Å². The summed E-state index contributed by atoms with van der Waals surface area (Å²) in [6.45, 7) is 0.963. The number of pyridine rings is 1. The summed E-state index contributed by atoms with van der Waals surface area (Å²) in [4.78, 5) is 21.1. The van der Waals surface area contributed by atoms with Gasteiger partial charge < -0.3 is 15.1 Å². The summed E-state index contributed by atoms with van der Waals surface area (Å²) in [6, 6.07) is 10.1. The molecule has 2 aliphatic rings. The van der Waals surface area contributed by atoms with Gasteiger partial charge in [0.05, 0.1) is 0 Å². The van der Waals surface area contributed by atoms with E-state index >= 15 is 0 Å². The third-order valence-electron chi connectivity index (χ3n) is 5.17. The van der Waals surface area contributed by atoms with Crippen molar-refractivity contribution in [3.63, 3.8) is 0 Å². The number of carbonyl (C=O) groups is 1. The van der Waals surface area contributed by atoms with Gasteiger partial charge in [-0.2, -0.15) is 8.42 Å². The van der Waals surface area contributed by atoms with Crippen LogP contribution in [0.15, 0.2) is 51.9 Å². The van der Waals surface area contributed by atoms with E-state index in [1.807, 2.05) is 36.0 Å². The molecule has 1 amide bonds. The first-order chi connectivity index (χ1) is 13.9. The molecular formula is C20H23N5O3S. The number of nitrogens with one attached hydrogen (secondary N) is 1. The standard InChI is InChI=1S/C20H23N5O3S/c1-24(2)18-10-9-14(12-21-18)13-22-20(26)16-7-5-11-25(16)19-15-6-3-4-8-17(15)29(27,28)23-19/h3-4,6,8-10,12,16H,5,7,11,13H2,1-2H3,(H,22,26)/t16-/m0/s1. The first-order valence-electron chi connectivity index (χ1n) is 9.48. The highest BCUT2D eigenvalue weighted by Crippen LogP contribution is 2.31. The molecule has 0 bridgehead atoms. The number of likely N-dealkylation sites (tertiary alicyclic amines) is 1. The van der Waals surface area contributed by atoms with Crippen molar-refractivity contribution >= 4 is 27.6 Å². The van der Waals surface area contributed by atoms with Gasteiger partial charge in [0, 0.05) is 38.9 Å². The Bertz CT molecular complexity index is 1060. The summed E-state index contributed by atoms with van der Waals surface area (Å²) in [5, 5.41) is 2.95. The first kappa shape index (κ1) is 19.4. The van der Waals surface area contributed by atoms with Crippen molar-refractivity contribution in [3.8, 4) is 0 Å². The third-order valence-corrected chi connectivity index (χ3v) is 6.50. The Hall–Kier alpha value is -2.94. The SMILES string of the molecule is CN(C)c1ccc(CNC(=O)[C@@H]2CCCN2C2=NS(=O)(=O)c3ccccc32)cn1. The maximum absolute atomic E-state index is 12.8. The third kappa shape index (κ3) is 3.69. The van der Waals surface area contributed by atoms with Crippen molar-refractivity contribution in [3.05, 3.63) is 53.7 Å². The number of nitrogens with zero attached hydrogens (tertiary/aromatic N) is 4. The van der Waals surface area contributed by atoms with Gasteiger partial charge in [0.15, 0.2) is 5.84 Å². The summed E-state index contributed by atoms with van der Waals surface area (Å²) in [6.07, 6.45) is 3.20. The highest BCUT2D eigenvalue weighted by atomic mass is 32.2. The summed E-state index contributed by atoms with van der Waals surface area (Å²) in [5.41, 5.74) is 1.47. The number of rotatable bonds is 4. The topological polar surface area (TPSA) is 95.0 Å². The van der Waals surface area contributed by atoms with E-state index in [9.17, 15) is 13.2 Å². The van der Waals surface area contributed by atoms with Crippen molar-refractivity contribution in [2.75, 3.05) is 25.5 Å². The lowest BCUT2D eigenvalue weighted by atomic mass is 10.1. The number of amidine groups is 1. The van der Waals surface area contributed by atoms with Crippen LogP contribution in [0.5, 0.6) is 0 Å². The molecule has 3 heterocycles. The number of fused-ring (bicyclic) bond motifs is 1. The predicted octanol–water partition coefficient (Wildman–Crippen LogP) is 1.38. The van der Waals surface area contributed by atoms with Crippen molar-refractivity contribution in [2.24, 2.45) is 4.40 Å². The summed E-state index contributed by atoms with van der Waals surface area (Å²) >= 11 is 0. The second kappa shape index (κ2) is 7.47. The molecular weight excluding hydrogens is 390 g/mol. The first-order valence-corrected chi connectivity index (χ1v) is 10.9. The van der Waals surface area contributed by atoms with Crippen LogP contribution < -0.4 is 10.2 Å². The highest BCUT2D eigenvalue weighted by molar-refractivity contribution is 7.90. The zero-order valence-corrected chi connectivity index (χ0v) is 17.2. The van der Waals surface area contributed by atoms with Gasteiger partial charge in [-0.1, -0.05) is 18.2 Å². The molecule has 1 fully saturated rings. The Morgan fingerprint density at radius 1 is 1.24 bits per heavy atom. The van der Waals surface area contributed by atoms with Gasteiger partial charge in [-0.05, 0) is 36.6 Å². The molecule has 29 heavy (non-hydrogen) atoms. The van der Waals surface area contributed by atoms with E-state index in [1.54, 1.807) is 30.5 Å². The van der Waals surface area contributed by atoms with E-state index in [1.165, 1.54) is 0 Å². The number of hydrogen-bond donors (Lipinski definition) is 1. The Labute approximate surface area is 170 Å². The minimum Gasteiger partial charge on any atom is -0.363 e. The number of anilines is 1. The summed E-state index contributed by atoms with van der Waals surface area (Å²) < 4.78 is 28.7. The van der Waals surface area contributed by atoms with Gasteiger partial charge >= 0.3 is 0 Å². The van der Waals surface area contributed by atoms with Crippen molar-refractivity contribution < 1.29 is 13.2 Å². The molecule has 0 saturated carbocycles. The Kier molecular flexibility index (Phi) is 4.99. The van der Waals surface area contributed by atoms with Crippen LogP contribution in [0.3, 0.4) is 0 Å². The molecule has 9 heteroatoms. The summed E-state index contributed by atoms with van der Waals surface area (Å²) in [5.74, 6) is 1.08. The molecule has 4 rings (SSSR count). The van der Waals surface area contributed by atoms with Crippen LogP contribution in [0.1, 0.15) is 24.0 Å². The smallest absolute Gasteiger partial charge is 0.285 e. The maximum Gasteiger partial charge on any atom is 0.285 e. The average molecular weight is 414 g/mol. The van der Waals surface area contributed by atoms with Gasteiger partial charge in [0.1, 0.15) is 16.8 Å². The predicted molar refractivity (Wildman–Crippen MR) is 110 cm³/mol. The fraction of sp³-hybridized carbons (Fsp3) is 0.350. The molecule has 152 valence electrons. The normalized spacial score (nSPS) is 19.6. The van der Waals surface area contributed by atoms with Gasteiger partial charge in [-0.15, -0.1) is 4.40 Å². The zero-order valence-electron chi connectivity index (χ0n) is 16.4. The van der Waals surface area contributed by atoms with E-state index in [4.69, 9.17) is 0 Å². The molecule has 0 unspecified atom stereocenters. The number of carbonyl (C=O) groups excluding carboxylic acids is 1. The second-order valence-corrected chi connectivity index (χ2v) is 8.95. The van der Waals surface area contributed by atoms with Crippen LogP contribution in [-0.4, -0.2) is 56.7 Å². The largest absolute Gasteiger partial charge is 0.363 e. The second-order valence-electron chi connectivity index (χ2n) is 7.37. The quantitative estimate of drug-likeness (QED) is 0.814. The van der Waals surface area contributed by atoms with Crippen LogP contribution in [0.2, 0.25) is 0 Å². The minimum atomic E-state index is -3.71. The molecule has 0 spiro atoms. The van der Waals surface area contributed by atoms with Gasteiger partial charge in [-0.25, -0.2) is 4.98 Å². The number of sulfonamides is 1. The maximum atomic E-state index is 12.8. The average Bonchev–Trinajstić information content (AvgIpc) is 3.29. The number of benzene rings is 1. The van der Waals surface area contributed by atoms with Crippen LogP contribution >= 0.6 is 0 Å². The van der Waals surface area contributed by atoms with E-state index in [2.05, 4.69) is 14.7 Å². The Balaban J connectivity index is 1.48. The lowest BCUT2D eigenvalue weighted by Crippen LogP contribution is -2.45. The van der Waals surface area contributed by atoms with Gasteiger partial charge in [0.2, 0.25) is 5.91 Å². The number of aromatic nitrogens is 1. The number of amides is 1. The molecule has 2 aliphatic heterocycles. The monoisotopic (exact) mass is 413 g/mol. The van der Waals surface area contributed by atoms with Gasteiger partial charge in [-0.3, -0.25) is 4.79 Å². The molecule has 1 N–H and O–H groups in total. The molecule has 1 aromatic carbocycles. The van der Waals surface area contributed by atoms with Crippen LogP contribution in [0.25, 0.3) is 0 Å². The molecule has 0 aliphatic carbocycles. The zero-order chi connectivity index (χ0) is 20.6. The molecule has 1 aromatic heterocycles. The Morgan fingerprint density at radius 2 is 2.03 bits per heavy atom. The lowest BCUT2D eigenvalue weighted by molar-refractivity contribution is -0.124.